The average molecular weight is 415 g/mol. The van der Waals surface area contributed by atoms with Gasteiger partial charge in [-0.1, -0.05) is 0 Å². The number of nitrogens with zero attached hydrogens (tertiary/aromatic N) is 4. The molecule has 0 aliphatic carbocycles. The van der Waals surface area contributed by atoms with Crippen LogP contribution in [0.15, 0.2) is 40.3 Å². The lowest BCUT2D eigenvalue weighted by molar-refractivity contribution is -0.133. The zero-order chi connectivity index (χ0) is 20.2. The van der Waals surface area contributed by atoms with Crippen molar-refractivity contribution >= 4 is 17.2 Å². The smallest absolute Gasteiger partial charge is 0.223 e. The number of aryl methyl sites for hydroxylation is 2. The highest BCUT2D eigenvalue weighted by Crippen LogP contribution is 2.21. The molecule has 29 heavy (non-hydrogen) atoms. The van der Waals surface area contributed by atoms with Crippen LogP contribution in [0.25, 0.3) is 11.3 Å². The third-order valence-electron chi connectivity index (χ3n) is 5.01. The predicted octanol–water partition coefficient (Wildman–Crippen LogP) is 3.52. The van der Waals surface area contributed by atoms with Crippen LogP contribution in [-0.2, 0) is 17.8 Å². The Morgan fingerprint density at radius 2 is 1.97 bits per heavy atom. The van der Waals surface area contributed by atoms with Crippen molar-refractivity contribution in [2.45, 2.75) is 26.3 Å². The van der Waals surface area contributed by atoms with Gasteiger partial charge in [0.2, 0.25) is 5.91 Å². The number of hydrogen-bond donors (Lipinski definition) is 0. The van der Waals surface area contributed by atoms with Gasteiger partial charge >= 0.3 is 0 Å². The highest BCUT2D eigenvalue weighted by atomic mass is 32.1. The van der Waals surface area contributed by atoms with Gasteiger partial charge in [-0.3, -0.25) is 9.69 Å². The molecule has 6 nitrogen and oxygen atoms in total. The molecule has 152 valence electrons. The quantitative estimate of drug-likeness (QED) is 0.618. The summed E-state index contributed by atoms with van der Waals surface area (Å²) in [6, 6.07) is 6.07. The van der Waals surface area contributed by atoms with E-state index >= 15 is 0 Å². The zero-order valence-electron chi connectivity index (χ0n) is 16.3. The highest BCUT2D eigenvalue weighted by molar-refractivity contribution is 7.09. The normalized spacial score (nSPS) is 15.0. The number of aromatic nitrogens is 2. The highest BCUT2D eigenvalue weighted by Gasteiger charge is 2.22. The predicted molar refractivity (Wildman–Crippen MR) is 109 cm³/mol. The van der Waals surface area contributed by atoms with Gasteiger partial charge in [0, 0.05) is 56.5 Å². The molecule has 0 spiro atoms. The first kappa shape index (κ1) is 19.7. The topological polar surface area (TPSA) is 62.5 Å². The summed E-state index contributed by atoms with van der Waals surface area (Å²) in [6.45, 7) is 6.03. The lowest BCUT2D eigenvalue weighted by Crippen LogP contribution is -2.48. The molecule has 1 aliphatic rings. The van der Waals surface area contributed by atoms with Crippen molar-refractivity contribution in [3.8, 4) is 11.3 Å². The second-order valence-electron chi connectivity index (χ2n) is 7.14. The largest absolute Gasteiger partial charge is 0.441 e. The number of halogens is 1. The Morgan fingerprint density at radius 3 is 2.66 bits per heavy atom. The number of benzene rings is 1. The summed E-state index contributed by atoms with van der Waals surface area (Å²) in [7, 11) is 0. The molecule has 0 N–H and O–H groups in total. The molecule has 0 saturated carbocycles. The molecule has 1 aromatic carbocycles. The SMILES string of the molecule is Cc1nc(CN2CCN(C(=O)CCc3ncc(-c4ccc(F)cc4)o3)CC2)cs1. The zero-order valence-corrected chi connectivity index (χ0v) is 17.1. The molecule has 3 heterocycles. The van der Waals surface area contributed by atoms with Gasteiger partial charge in [0.1, 0.15) is 5.82 Å². The van der Waals surface area contributed by atoms with Crippen LogP contribution in [0.2, 0.25) is 0 Å². The minimum atomic E-state index is -0.291. The fraction of sp³-hybridized carbons (Fsp3) is 0.381. The first-order valence-corrected chi connectivity index (χ1v) is 10.6. The van der Waals surface area contributed by atoms with Gasteiger partial charge < -0.3 is 9.32 Å². The molecule has 0 bridgehead atoms. The van der Waals surface area contributed by atoms with Crippen LogP contribution in [-0.4, -0.2) is 51.9 Å². The van der Waals surface area contributed by atoms with E-state index in [1.165, 1.54) is 12.1 Å². The first-order valence-electron chi connectivity index (χ1n) is 9.68. The van der Waals surface area contributed by atoms with Gasteiger partial charge in [-0.05, 0) is 31.2 Å². The number of carbonyl (C=O) groups is 1. The summed E-state index contributed by atoms with van der Waals surface area (Å²) in [5.41, 5.74) is 1.87. The molecular formula is C21H23FN4O2S. The standard InChI is InChI=1S/C21H23FN4O2S/c1-15-24-18(14-29-15)13-25-8-10-26(11-9-25)21(27)7-6-20-23-12-19(28-20)16-2-4-17(22)5-3-16/h2-5,12,14H,6-11,13H2,1H3. The summed E-state index contributed by atoms with van der Waals surface area (Å²) in [5.74, 6) is 0.935. The molecule has 3 aromatic rings. The number of carbonyl (C=O) groups excluding carboxylic acids is 1. The molecule has 1 saturated heterocycles. The summed E-state index contributed by atoms with van der Waals surface area (Å²) in [4.78, 5) is 25.5. The van der Waals surface area contributed by atoms with Crippen LogP contribution < -0.4 is 0 Å². The molecular weight excluding hydrogens is 391 g/mol. The average Bonchev–Trinajstić information content (AvgIpc) is 3.36. The van der Waals surface area contributed by atoms with Gasteiger partial charge in [0.15, 0.2) is 11.7 Å². The van der Waals surface area contributed by atoms with E-state index in [4.69, 9.17) is 4.42 Å². The van der Waals surface area contributed by atoms with Crippen LogP contribution in [0.3, 0.4) is 0 Å². The van der Waals surface area contributed by atoms with E-state index in [2.05, 4.69) is 20.2 Å². The van der Waals surface area contributed by atoms with Gasteiger partial charge in [-0.15, -0.1) is 11.3 Å². The van der Waals surface area contributed by atoms with E-state index < -0.39 is 0 Å². The van der Waals surface area contributed by atoms with Gasteiger partial charge in [-0.2, -0.15) is 0 Å². The van der Waals surface area contributed by atoms with E-state index in [1.807, 2.05) is 11.8 Å². The van der Waals surface area contributed by atoms with Crippen LogP contribution in [0.4, 0.5) is 4.39 Å². The number of thiazole rings is 1. The van der Waals surface area contributed by atoms with E-state index in [0.717, 1.165) is 49.0 Å². The number of oxazole rings is 1. The molecule has 8 heteroatoms. The second kappa shape index (κ2) is 8.84. The Labute approximate surface area is 173 Å². The van der Waals surface area contributed by atoms with Crippen LogP contribution in [0.1, 0.15) is 23.0 Å². The van der Waals surface area contributed by atoms with E-state index in [1.54, 1.807) is 29.7 Å². The maximum atomic E-state index is 13.0. The summed E-state index contributed by atoms with van der Waals surface area (Å²) in [6.07, 6.45) is 2.44. The number of amides is 1. The van der Waals surface area contributed by atoms with E-state index in [9.17, 15) is 9.18 Å². The molecule has 0 radical (unpaired) electrons. The van der Waals surface area contributed by atoms with Crippen molar-refractivity contribution in [2.75, 3.05) is 26.2 Å². The van der Waals surface area contributed by atoms with Crippen molar-refractivity contribution in [2.24, 2.45) is 0 Å². The molecule has 2 aromatic heterocycles. The number of hydrogen-bond acceptors (Lipinski definition) is 6. The van der Waals surface area contributed by atoms with Crippen molar-refractivity contribution in [3.63, 3.8) is 0 Å². The van der Waals surface area contributed by atoms with Crippen molar-refractivity contribution < 1.29 is 13.6 Å². The maximum Gasteiger partial charge on any atom is 0.223 e. The van der Waals surface area contributed by atoms with Crippen molar-refractivity contribution in [1.82, 2.24) is 19.8 Å². The van der Waals surface area contributed by atoms with Gasteiger partial charge in [0.05, 0.1) is 16.9 Å². The molecule has 4 rings (SSSR count). The fourth-order valence-electron chi connectivity index (χ4n) is 3.41. The molecule has 1 aliphatic heterocycles. The lowest BCUT2D eigenvalue weighted by Gasteiger charge is -2.34. The summed E-state index contributed by atoms with van der Waals surface area (Å²) >= 11 is 1.67. The van der Waals surface area contributed by atoms with Gasteiger partial charge in [0.25, 0.3) is 0 Å². The Morgan fingerprint density at radius 1 is 1.21 bits per heavy atom. The monoisotopic (exact) mass is 414 g/mol. The molecule has 1 fully saturated rings. The molecule has 1 amide bonds. The first-order chi connectivity index (χ1) is 14.1. The minimum Gasteiger partial charge on any atom is -0.441 e. The van der Waals surface area contributed by atoms with Crippen LogP contribution >= 0.6 is 11.3 Å². The summed E-state index contributed by atoms with van der Waals surface area (Å²) < 4.78 is 18.7. The Hall–Kier alpha value is -2.58. The fourth-order valence-corrected chi connectivity index (χ4v) is 4.01. The molecule has 0 unspecified atom stereocenters. The number of rotatable bonds is 6. The maximum absolute atomic E-state index is 13.0. The van der Waals surface area contributed by atoms with Crippen molar-refractivity contribution in [3.05, 3.63) is 58.3 Å². The number of piperazine rings is 1. The van der Waals surface area contributed by atoms with E-state index in [0.29, 0.717) is 24.5 Å². The Kier molecular flexibility index (Phi) is 6.01. The van der Waals surface area contributed by atoms with Crippen LogP contribution in [0.5, 0.6) is 0 Å². The Balaban J connectivity index is 1.24. The minimum absolute atomic E-state index is 0.121. The van der Waals surface area contributed by atoms with E-state index in [-0.39, 0.29) is 11.7 Å². The Bertz CT molecular complexity index is 961. The lowest BCUT2D eigenvalue weighted by atomic mass is 10.2. The van der Waals surface area contributed by atoms with Crippen LogP contribution in [0, 0.1) is 12.7 Å². The van der Waals surface area contributed by atoms with Gasteiger partial charge in [-0.25, -0.2) is 14.4 Å². The summed E-state index contributed by atoms with van der Waals surface area (Å²) in [5, 5.41) is 3.19. The third-order valence-corrected chi connectivity index (χ3v) is 5.83. The third kappa shape index (κ3) is 5.07. The molecule has 0 atom stereocenters. The van der Waals surface area contributed by atoms with Crippen molar-refractivity contribution in [1.29, 1.82) is 0 Å². The second-order valence-corrected chi connectivity index (χ2v) is 8.20.